The molecule has 0 saturated heterocycles. The van der Waals surface area contributed by atoms with E-state index >= 15 is 0 Å². The van der Waals surface area contributed by atoms with Gasteiger partial charge in [0, 0.05) is 43.7 Å². The van der Waals surface area contributed by atoms with Gasteiger partial charge in [-0.15, -0.1) is 0 Å². The standard InChI is InChI=1S/C27H29ClFN7O3S/c1-5-34(2)26-20-12-13-36(40(4,37)38)25(17-6-8-18(29)9-7-17)24(20)32-27(33-26)31-19-10-11-21(22(14-19)39-3)35-15-23(28)30-16-35/h6-11,14-16,25H,5,12-13H2,1-4H3,(H,31,32,33). The van der Waals surface area contributed by atoms with Crippen molar-refractivity contribution in [3.8, 4) is 11.4 Å². The zero-order valence-electron chi connectivity index (χ0n) is 22.5. The van der Waals surface area contributed by atoms with Crippen molar-refractivity contribution in [3.05, 3.63) is 82.8 Å². The maximum atomic E-state index is 13.8. The van der Waals surface area contributed by atoms with Gasteiger partial charge < -0.3 is 19.5 Å². The van der Waals surface area contributed by atoms with Crippen LogP contribution in [0.15, 0.2) is 55.0 Å². The monoisotopic (exact) mass is 585 g/mol. The summed E-state index contributed by atoms with van der Waals surface area (Å²) in [6.45, 7) is 2.94. The normalized spacial score (nSPS) is 15.5. The Morgan fingerprint density at radius 3 is 2.58 bits per heavy atom. The number of benzene rings is 2. The fourth-order valence-electron chi connectivity index (χ4n) is 4.82. The highest BCUT2D eigenvalue weighted by Gasteiger charge is 2.38. The highest BCUT2D eigenvalue weighted by atomic mass is 35.5. The van der Waals surface area contributed by atoms with Gasteiger partial charge in [0.05, 0.1) is 30.8 Å². The van der Waals surface area contributed by atoms with Crippen LogP contribution in [0, 0.1) is 5.82 Å². The average Bonchev–Trinajstić information content (AvgIpc) is 3.37. The SMILES string of the molecule is CCN(C)c1nc(Nc2ccc(-n3cnc(Cl)c3)c(OC)c2)nc2c1CCN(S(C)(=O)=O)C2c1ccc(F)cc1. The third-order valence-corrected chi connectivity index (χ3v) is 8.30. The molecule has 0 radical (unpaired) electrons. The fourth-order valence-corrected chi connectivity index (χ4v) is 5.99. The zero-order valence-corrected chi connectivity index (χ0v) is 24.0. The molecular formula is C27H29ClFN7O3S. The molecule has 0 bridgehead atoms. The van der Waals surface area contributed by atoms with Crippen molar-refractivity contribution >= 4 is 39.1 Å². The first-order valence-electron chi connectivity index (χ1n) is 12.6. The number of nitrogens with one attached hydrogen (secondary N) is 1. The highest BCUT2D eigenvalue weighted by Crippen LogP contribution is 2.40. The first-order chi connectivity index (χ1) is 19.1. The molecule has 1 N–H and O–H groups in total. The lowest BCUT2D eigenvalue weighted by Crippen LogP contribution is -2.41. The Morgan fingerprint density at radius 1 is 1.20 bits per heavy atom. The molecule has 0 amide bonds. The van der Waals surface area contributed by atoms with E-state index in [1.807, 2.05) is 31.0 Å². The van der Waals surface area contributed by atoms with Crippen molar-refractivity contribution in [2.45, 2.75) is 19.4 Å². The molecule has 0 fully saturated rings. The number of ether oxygens (including phenoxy) is 1. The Labute approximate surface area is 237 Å². The molecule has 4 aromatic rings. The number of imidazole rings is 1. The lowest BCUT2D eigenvalue weighted by atomic mass is 9.94. The van der Waals surface area contributed by atoms with Crippen LogP contribution in [0.5, 0.6) is 5.75 Å². The van der Waals surface area contributed by atoms with Crippen LogP contribution in [0.1, 0.15) is 29.8 Å². The molecule has 1 unspecified atom stereocenters. The Bertz CT molecular complexity index is 1650. The van der Waals surface area contributed by atoms with Crippen molar-refractivity contribution < 1.29 is 17.5 Å². The number of rotatable bonds is 8. The summed E-state index contributed by atoms with van der Waals surface area (Å²) in [5, 5.41) is 3.62. The van der Waals surface area contributed by atoms with Crippen LogP contribution in [-0.2, 0) is 16.4 Å². The molecule has 0 aliphatic carbocycles. The number of sulfonamides is 1. The summed E-state index contributed by atoms with van der Waals surface area (Å²) in [5.41, 5.74) is 3.42. The maximum Gasteiger partial charge on any atom is 0.229 e. The minimum Gasteiger partial charge on any atom is -0.494 e. The largest absolute Gasteiger partial charge is 0.494 e. The van der Waals surface area contributed by atoms with E-state index < -0.39 is 21.9 Å². The molecule has 2 aromatic heterocycles. The molecule has 10 nitrogen and oxygen atoms in total. The maximum absolute atomic E-state index is 13.8. The summed E-state index contributed by atoms with van der Waals surface area (Å²) in [6, 6.07) is 10.6. The second kappa shape index (κ2) is 11.0. The van der Waals surface area contributed by atoms with E-state index in [4.69, 9.17) is 26.3 Å². The molecular weight excluding hydrogens is 557 g/mol. The van der Waals surface area contributed by atoms with Gasteiger partial charge in [0.1, 0.15) is 28.9 Å². The van der Waals surface area contributed by atoms with Crippen LogP contribution in [0.2, 0.25) is 5.15 Å². The third kappa shape index (κ3) is 5.47. The summed E-state index contributed by atoms with van der Waals surface area (Å²) in [7, 11) is -0.119. The minimum atomic E-state index is -3.61. The van der Waals surface area contributed by atoms with E-state index in [-0.39, 0.29) is 12.5 Å². The summed E-state index contributed by atoms with van der Waals surface area (Å²) in [5.74, 6) is 1.15. The molecule has 13 heteroatoms. The van der Waals surface area contributed by atoms with E-state index in [9.17, 15) is 12.8 Å². The lowest BCUT2D eigenvalue weighted by Gasteiger charge is -2.36. The van der Waals surface area contributed by atoms with Crippen molar-refractivity contribution in [2.75, 3.05) is 43.7 Å². The van der Waals surface area contributed by atoms with Gasteiger partial charge in [-0.3, -0.25) is 0 Å². The number of methoxy groups -OCH3 is 1. The molecule has 1 atom stereocenters. The third-order valence-electron chi connectivity index (χ3n) is 6.86. The van der Waals surface area contributed by atoms with Gasteiger partial charge in [-0.1, -0.05) is 23.7 Å². The van der Waals surface area contributed by atoms with Crippen LogP contribution in [0.25, 0.3) is 5.69 Å². The van der Waals surface area contributed by atoms with Crippen molar-refractivity contribution in [3.63, 3.8) is 0 Å². The van der Waals surface area contributed by atoms with Crippen molar-refractivity contribution in [2.24, 2.45) is 0 Å². The van der Waals surface area contributed by atoms with E-state index in [1.54, 1.807) is 42.4 Å². The molecule has 5 rings (SSSR count). The number of aromatic nitrogens is 4. The molecule has 0 saturated carbocycles. The van der Waals surface area contributed by atoms with Crippen LogP contribution in [0.3, 0.4) is 0 Å². The second-order valence-electron chi connectivity index (χ2n) is 9.44. The molecule has 1 aliphatic rings. The predicted octanol–water partition coefficient (Wildman–Crippen LogP) is 4.57. The zero-order chi connectivity index (χ0) is 28.6. The van der Waals surface area contributed by atoms with Gasteiger partial charge in [-0.05, 0) is 43.2 Å². The number of halogens is 2. The fraction of sp³-hybridized carbons (Fsp3) is 0.296. The minimum absolute atomic E-state index is 0.255. The molecule has 0 spiro atoms. The van der Waals surface area contributed by atoms with Crippen LogP contribution in [0.4, 0.5) is 21.8 Å². The Kier molecular flexibility index (Phi) is 7.67. The highest BCUT2D eigenvalue weighted by molar-refractivity contribution is 7.88. The van der Waals surface area contributed by atoms with E-state index in [2.05, 4.69) is 10.3 Å². The Hall–Kier alpha value is -3.74. The van der Waals surface area contributed by atoms with Gasteiger partial charge >= 0.3 is 0 Å². The first-order valence-corrected chi connectivity index (χ1v) is 14.8. The van der Waals surface area contributed by atoms with Crippen LogP contribution < -0.4 is 15.0 Å². The summed E-state index contributed by atoms with van der Waals surface area (Å²) < 4.78 is 48.3. The predicted molar refractivity (Wildman–Crippen MR) is 153 cm³/mol. The quantitative estimate of drug-likeness (QED) is 0.321. The topological polar surface area (TPSA) is 105 Å². The summed E-state index contributed by atoms with van der Waals surface area (Å²) in [4.78, 5) is 15.7. The summed E-state index contributed by atoms with van der Waals surface area (Å²) >= 11 is 5.99. The number of fused-ring (bicyclic) bond motifs is 1. The van der Waals surface area contributed by atoms with E-state index in [0.29, 0.717) is 46.6 Å². The molecule has 1 aliphatic heterocycles. The van der Waals surface area contributed by atoms with Gasteiger partial charge in [-0.25, -0.2) is 22.8 Å². The number of hydrogen-bond acceptors (Lipinski definition) is 8. The van der Waals surface area contributed by atoms with Crippen molar-refractivity contribution in [1.82, 2.24) is 23.8 Å². The van der Waals surface area contributed by atoms with Gasteiger partial charge in [-0.2, -0.15) is 9.29 Å². The smallest absolute Gasteiger partial charge is 0.229 e. The van der Waals surface area contributed by atoms with Crippen molar-refractivity contribution in [1.29, 1.82) is 0 Å². The van der Waals surface area contributed by atoms with Gasteiger partial charge in [0.25, 0.3) is 0 Å². The van der Waals surface area contributed by atoms with Gasteiger partial charge in [0.15, 0.2) is 0 Å². The molecule has 210 valence electrons. The van der Waals surface area contributed by atoms with E-state index in [0.717, 1.165) is 11.3 Å². The number of hydrogen-bond donors (Lipinski definition) is 1. The molecule has 3 heterocycles. The molecule has 2 aromatic carbocycles. The van der Waals surface area contributed by atoms with Crippen LogP contribution in [-0.4, -0.2) is 65.7 Å². The number of anilines is 3. The Morgan fingerprint density at radius 2 is 1.95 bits per heavy atom. The first kappa shape index (κ1) is 27.8. The van der Waals surface area contributed by atoms with Crippen LogP contribution >= 0.6 is 11.6 Å². The molecule has 40 heavy (non-hydrogen) atoms. The summed E-state index contributed by atoms with van der Waals surface area (Å²) in [6.07, 6.45) is 4.89. The number of nitrogens with zero attached hydrogens (tertiary/aromatic N) is 6. The average molecular weight is 586 g/mol. The van der Waals surface area contributed by atoms with Gasteiger partial charge in [0.2, 0.25) is 16.0 Å². The lowest BCUT2D eigenvalue weighted by molar-refractivity contribution is 0.340. The van der Waals surface area contributed by atoms with E-state index in [1.165, 1.54) is 22.7 Å². The second-order valence-corrected chi connectivity index (χ2v) is 11.8. The Balaban J connectivity index is 1.62.